The second-order valence-corrected chi connectivity index (χ2v) is 13.6. The highest BCUT2D eigenvalue weighted by Crippen LogP contribution is 2.54. The maximum absolute atomic E-state index is 5.10. The molecule has 0 bridgehead atoms. The molecule has 0 radical (unpaired) electrons. The van der Waals surface area contributed by atoms with Gasteiger partial charge in [0.25, 0.3) is 0 Å². The van der Waals surface area contributed by atoms with E-state index in [1.165, 1.54) is 43.4 Å². The third-order valence-electron chi connectivity index (χ3n) is 10.6. The smallest absolute Gasteiger partial charge is 0.182 e. The van der Waals surface area contributed by atoms with Gasteiger partial charge in [0, 0.05) is 23.0 Å². The predicted octanol–water partition coefficient (Wildman–Crippen LogP) is 8.93. The van der Waals surface area contributed by atoms with Gasteiger partial charge in [-0.25, -0.2) is 15.0 Å². The number of benzene rings is 5. The summed E-state index contributed by atoms with van der Waals surface area (Å²) >= 11 is 0. The zero-order chi connectivity index (χ0) is 33.2. The molecule has 3 heterocycles. The molecule has 1 atom stereocenters. The Morgan fingerprint density at radius 2 is 1.48 bits per heavy atom. The van der Waals surface area contributed by atoms with E-state index < -0.39 is 0 Å². The SMILES string of the molecule is CC12CC=c3ccccc3=C1c1c(ccc3ccccc13)N2c1ccnc(-c2nc(C3=CC=CCC3)nc(-c3ccc4ccccc4c3)n2)c1. The fourth-order valence-corrected chi connectivity index (χ4v) is 8.17. The van der Waals surface area contributed by atoms with Crippen molar-refractivity contribution < 1.29 is 0 Å². The highest BCUT2D eigenvalue weighted by atomic mass is 15.2. The summed E-state index contributed by atoms with van der Waals surface area (Å²) < 4.78 is 0. The molecule has 7 aromatic rings. The van der Waals surface area contributed by atoms with Gasteiger partial charge in [-0.1, -0.05) is 115 Å². The summed E-state index contributed by atoms with van der Waals surface area (Å²) in [4.78, 5) is 22.6. The normalized spacial score (nSPS) is 17.7. The van der Waals surface area contributed by atoms with E-state index in [0.29, 0.717) is 17.5 Å². The maximum Gasteiger partial charge on any atom is 0.182 e. The molecule has 1 unspecified atom stereocenters. The number of aromatic nitrogens is 4. The summed E-state index contributed by atoms with van der Waals surface area (Å²) in [5, 5.41) is 7.45. The van der Waals surface area contributed by atoms with Gasteiger partial charge in [0.05, 0.1) is 11.2 Å². The Bertz CT molecular complexity index is 2720. The summed E-state index contributed by atoms with van der Waals surface area (Å²) in [5.41, 5.74) is 7.43. The lowest BCUT2D eigenvalue weighted by molar-refractivity contribution is 0.618. The molecular weight excluding hydrogens is 611 g/mol. The summed E-state index contributed by atoms with van der Waals surface area (Å²) in [6, 6.07) is 41.2. The van der Waals surface area contributed by atoms with E-state index in [4.69, 9.17) is 19.9 Å². The molecule has 0 N–H and O–H groups in total. The van der Waals surface area contributed by atoms with Crippen molar-refractivity contribution in [1.29, 1.82) is 0 Å². The molecule has 238 valence electrons. The fraction of sp³-hybridized carbons (Fsp3) is 0.111. The molecule has 50 heavy (non-hydrogen) atoms. The molecule has 1 aliphatic heterocycles. The first-order valence-electron chi connectivity index (χ1n) is 17.3. The fourth-order valence-electron chi connectivity index (χ4n) is 8.17. The monoisotopic (exact) mass is 643 g/mol. The number of rotatable bonds is 4. The lowest BCUT2D eigenvalue weighted by Crippen LogP contribution is -2.47. The van der Waals surface area contributed by atoms with Crippen LogP contribution < -0.4 is 15.3 Å². The Labute approximate surface area is 290 Å². The number of fused-ring (bicyclic) bond motifs is 7. The summed E-state index contributed by atoms with van der Waals surface area (Å²) in [7, 11) is 0. The van der Waals surface area contributed by atoms with Gasteiger partial charge >= 0.3 is 0 Å². The minimum atomic E-state index is -0.306. The third kappa shape index (κ3) is 4.47. The van der Waals surface area contributed by atoms with Gasteiger partial charge in [0.2, 0.25) is 0 Å². The third-order valence-corrected chi connectivity index (χ3v) is 10.6. The van der Waals surface area contributed by atoms with Crippen LogP contribution in [0.1, 0.15) is 37.6 Å². The topological polar surface area (TPSA) is 54.8 Å². The van der Waals surface area contributed by atoms with E-state index in [9.17, 15) is 0 Å². The van der Waals surface area contributed by atoms with Crippen LogP contribution in [-0.4, -0.2) is 25.5 Å². The van der Waals surface area contributed by atoms with Crippen molar-refractivity contribution in [2.24, 2.45) is 0 Å². The Morgan fingerprint density at radius 3 is 2.38 bits per heavy atom. The first-order chi connectivity index (χ1) is 24.6. The summed E-state index contributed by atoms with van der Waals surface area (Å²) in [6.45, 7) is 2.38. The van der Waals surface area contributed by atoms with E-state index >= 15 is 0 Å². The Balaban J connectivity index is 1.17. The minimum Gasteiger partial charge on any atom is -0.330 e. The van der Waals surface area contributed by atoms with Crippen LogP contribution in [0.4, 0.5) is 11.4 Å². The van der Waals surface area contributed by atoms with Gasteiger partial charge in [-0.15, -0.1) is 0 Å². The number of hydrogen-bond acceptors (Lipinski definition) is 5. The molecule has 10 rings (SSSR count). The molecule has 0 fully saturated rings. The van der Waals surface area contributed by atoms with Crippen LogP contribution in [0.3, 0.4) is 0 Å². The van der Waals surface area contributed by atoms with Crippen molar-refractivity contribution in [2.45, 2.75) is 31.7 Å². The Kier molecular flexibility index (Phi) is 6.43. The number of hydrogen-bond donors (Lipinski definition) is 0. The molecule has 5 nitrogen and oxygen atoms in total. The van der Waals surface area contributed by atoms with E-state index in [1.54, 1.807) is 0 Å². The van der Waals surface area contributed by atoms with Crippen molar-refractivity contribution in [2.75, 3.05) is 4.90 Å². The highest BCUT2D eigenvalue weighted by Gasteiger charge is 2.46. The average molecular weight is 644 g/mol. The average Bonchev–Trinajstić information content (AvgIpc) is 3.47. The number of pyridine rings is 1. The van der Waals surface area contributed by atoms with Crippen LogP contribution in [0.5, 0.6) is 0 Å². The van der Waals surface area contributed by atoms with Crippen LogP contribution in [0.25, 0.3) is 61.7 Å². The van der Waals surface area contributed by atoms with Crippen LogP contribution in [0, 0.1) is 0 Å². The molecule has 0 spiro atoms. The number of allylic oxidation sites excluding steroid dienone is 4. The molecule has 5 heteroatoms. The van der Waals surface area contributed by atoms with E-state index in [-0.39, 0.29) is 5.54 Å². The van der Waals surface area contributed by atoms with Crippen LogP contribution >= 0.6 is 0 Å². The molecule has 0 saturated carbocycles. The van der Waals surface area contributed by atoms with Gasteiger partial charge in [-0.3, -0.25) is 4.98 Å². The summed E-state index contributed by atoms with van der Waals surface area (Å²) in [5.74, 6) is 1.93. The second kappa shape index (κ2) is 11.2. The van der Waals surface area contributed by atoms with Gasteiger partial charge in [0.15, 0.2) is 17.5 Å². The highest BCUT2D eigenvalue weighted by molar-refractivity contribution is 6.07. The molecule has 5 aromatic carbocycles. The van der Waals surface area contributed by atoms with Crippen molar-refractivity contribution in [3.63, 3.8) is 0 Å². The zero-order valence-corrected chi connectivity index (χ0v) is 27.7. The first kappa shape index (κ1) is 28.8. The Hall–Kier alpha value is -6.20. The molecule has 3 aliphatic rings. The lowest BCUT2D eigenvalue weighted by atomic mass is 9.80. The van der Waals surface area contributed by atoms with E-state index in [1.807, 2.05) is 6.20 Å². The van der Waals surface area contributed by atoms with Crippen molar-refractivity contribution in [3.05, 3.63) is 162 Å². The standard InChI is InChI=1S/C45H33N5/c1-45-25-23-31-13-8-10-18-37(31)41(45)40-36-17-9-7-12-30(36)21-22-39(40)50(45)35-24-26-46-38(28-35)44-48-42(32-14-3-2-4-15-32)47-43(49-44)34-20-19-29-11-5-6-16-33(29)27-34/h2-3,5-14,16-24,26-28H,4,15,25H2,1H3. The zero-order valence-electron chi connectivity index (χ0n) is 27.7. The van der Waals surface area contributed by atoms with Gasteiger partial charge < -0.3 is 4.90 Å². The van der Waals surface area contributed by atoms with Crippen LogP contribution in [-0.2, 0) is 0 Å². The van der Waals surface area contributed by atoms with E-state index in [2.05, 4.69) is 151 Å². The lowest BCUT2D eigenvalue weighted by Gasteiger charge is -2.39. The minimum absolute atomic E-state index is 0.306. The van der Waals surface area contributed by atoms with Crippen LogP contribution in [0.2, 0.25) is 0 Å². The number of nitrogens with zero attached hydrogens (tertiary/aromatic N) is 5. The molecular formula is C45H33N5. The molecule has 2 aromatic heterocycles. The Morgan fingerprint density at radius 1 is 0.700 bits per heavy atom. The largest absolute Gasteiger partial charge is 0.330 e. The van der Waals surface area contributed by atoms with Gasteiger partial charge in [-0.2, -0.15) is 0 Å². The predicted molar refractivity (Wildman–Crippen MR) is 204 cm³/mol. The van der Waals surface area contributed by atoms with E-state index in [0.717, 1.165) is 47.2 Å². The second-order valence-electron chi connectivity index (χ2n) is 13.6. The van der Waals surface area contributed by atoms with Crippen LogP contribution in [0.15, 0.2) is 140 Å². The quantitative estimate of drug-likeness (QED) is 0.192. The molecule has 2 aliphatic carbocycles. The van der Waals surface area contributed by atoms with Crippen molar-refractivity contribution in [3.8, 4) is 22.9 Å². The van der Waals surface area contributed by atoms with Crippen molar-refractivity contribution >= 4 is 50.1 Å². The van der Waals surface area contributed by atoms with Crippen molar-refractivity contribution in [1.82, 2.24) is 19.9 Å². The molecule has 0 amide bonds. The first-order valence-corrected chi connectivity index (χ1v) is 17.3. The van der Waals surface area contributed by atoms with Gasteiger partial charge in [-0.05, 0) is 93.6 Å². The maximum atomic E-state index is 5.10. The molecule has 0 saturated heterocycles. The number of anilines is 2. The summed E-state index contributed by atoms with van der Waals surface area (Å²) in [6.07, 6.45) is 13.4. The van der Waals surface area contributed by atoms with Gasteiger partial charge in [0.1, 0.15) is 5.69 Å².